The Hall–Kier alpha value is -1.62. The largest absolute Gasteiger partial charge is 0.481 e. The molecule has 2 heterocycles. The van der Waals surface area contributed by atoms with Crippen molar-refractivity contribution in [3.8, 4) is 0 Å². The highest BCUT2D eigenvalue weighted by atomic mass is 35.5. The van der Waals surface area contributed by atoms with E-state index in [9.17, 15) is 9.59 Å². The average molecular weight is 255 g/mol. The summed E-state index contributed by atoms with van der Waals surface area (Å²) in [4.78, 5) is 28.1. The number of carboxylic acids is 1. The maximum atomic E-state index is 12.0. The fraction of sp³-hybridized carbons (Fsp3) is 0.364. The van der Waals surface area contributed by atoms with Crippen LogP contribution < -0.4 is 0 Å². The van der Waals surface area contributed by atoms with Gasteiger partial charge in [-0.05, 0) is 18.6 Å². The molecule has 1 atom stereocenters. The Kier molecular flexibility index (Phi) is 3.28. The van der Waals surface area contributed by atoms with E-state index in [1.54, 1.807) is 12.1 Å². The number of pyridine rings is 1. The fourth-order valence-corrected chi connectivity index (χ4v) is 1.94. The number of aliphatic carboxylic acids is 1. The number of carbonyl (C=O) groups is 2. The quantitative estimate of drug-likeness (QED) is 0.807. The number of aromatic nitrogens is 1. The lowest BCUT2D eigenvalue weighted by atomic mass is 10.1. The summed E-state index contributed by atoms with van der Waals surface area (Å²) in [7, 11) is 0. The van der Waals surface area contributed by atoms with Gasteiger partial charge < -0.3 is 10.0 Å². The van der Waals surface area contributed by atoms with Crippen molar-refractivity contribution in [2.75, 3.05) is 13.1 Å². The lowest BCUT2D eigenvalue weighted by Gasteiger charge is -2.15. The molecule has 1 aromatic rings. The van der Waals surface area contributed by atoms with Gasteiger partial charge in [0, 0.05) is 19.3 Å². The molecule has 0 spiro atoms. The van der Waals surface area contributed by atoms with Crippen molar-refractivity contribution in [2.24, 2.45) is 5.92 Å². The normalized spacial score (nSPS) is 19.4. The molecule has 0 aromatic carbocycles. The molecule has 1 aliphatic rings. The summed E-state index contributed by atoms with van der Waals surface area (Å²) in [5.41, 5.74) is 0.431. The van der Waals surface area contributed by atoms with Gasteiger partial charge in [-0.3, -0.25) is 9.59 Å². The zero-order chi connectivity index (χ0) is 12.4. The van der Waals surface area contributed by atoms with Crippen LogP contribution in [-0.4, -0.2) is 40.0 Å². The summed E-state index contributed by atoms with van der Waals surface area (Å²) < 4.78 is 0. The van der Waals surface area contributed by atoms with Crippen molar-refractivity contribution >= 4 is 23.5 Å². The molecule has 6 heteroatoms. The van der Waals surface area contributed by atoms with Crippen LogP contribution in [0.4, 0.5) is 0 Å². The van der Waals surface area contributed by atoms with E-state index in [0.29, 0.717) is 23.7 Å². The first-order chi connectivity index (χ1) is 8.08. The van der Waals surface area contributed by atoms with Gasteiger partial charge in [0.1, 0.15) is 5.15 Å². The number of carbonyl (C=O) groups excluding carboxylic acids is 1. The Labute approximate surface area is 103 Å². The summed E-state index contributed by atoms with van der Waals surface area (Å²) in [6, 6.07) is 3.13. The minimum Gasteiger partial charge on any atom is -0.481 e. The number of amides is 1. The molecular weight excluding hydrogens is 244 g/mol. The number of carboxylic acid groups (broad SMARTS) is 1. The predicted octanol–water partition coefficient (Wildman–Crippen LogP) is 1.28. The zero-order valence-corrected chi connectivity index (χ0v) is 9.72. The second kappa shape index (κ2) is 4.71. The average Bonchev–Trinajstić information content (AvgIpc) is 2.78. The number of nitrogens with zero attached hydrogens (tertiary/aromatic N) is 2. The Morgan fingerprint density at radius 1 is 1.47 bits per heavy atom. The molecule has 0 aliphatic carbocycles. The number of hydrogen-bond donors (Lipinski definition) is 1. The van der Waals surface area contributed by atoms with Crippen LogP contribution in [0.1, 0.15) is 16.8 Å². The van der Waals surface area contributed by atoms with Gasteiger partial charge >= 0.3 is 5.97 Å². The van der Waals surface area contributed by atoms with Crippen LogP contribution in [0.25, 0.3) is 0 Å². The highest BCUT2D eigenvalue weighted by Crippen LogP contribution is 2.19. The Morgan fingerprint density at radius 3 is 2.76 bits per heavy atom. The SMILES string of the molecule is O=C(O)[C@@H]1CCN(C(=O)c2ccc(Cl)nc2)C1. The molecule has 1 aliphatic heterocycles. The third-order valence-corrected chi connectivity index (χ3v) is 3.02. The second-order valence-electron chi connectivity index (χ2n) is 3.94. The molecule has 1 saturated heterocycles. The third kappa shape index (κ3) is 2.55. The lowest BCUT2D eigenvalue weighted by molar-refractivity contribution is -0.141. The summed E-state index contributed by atoms with van der Waals surface area (Å²) in [6.45, 7) is 0.731. The highest BCUT2D eigenvalue weighted by Gasteiger charge is 2.31. The Bertz CT molecular complexity index is 447. The smallest absolute Gasteiger partial charge is 0.308 e. The van der Waals surface area contributed by atoms with Crippen LogP contribution in [-0.2, 0) is 4.79 Å². The fourth-order valence-electron chi connectivity index (χ4n) is 1.83. The number of rotatable bonds is 2. The molecule has 1 N–H and O–H groups in total. The maximum Gasteiger partial charge on any atom is 0.308 e. The minimum atomic E-state index is -0.852. The molecule has 0 unspecified atom stereocenters. The molecule has 17 heavy (non-hydrogen) atoms. The molecule has 1 amide bonds. The minimum absolute atomic E-state index is 0.196. The van der Waals surface area contributed by atoms with E-state index < -0.39 is 11.9 Å². The molecule has 0 radical (unpaired) electrons. The molecular formula is C11H11ClN2O3. The van der Waals surface area contributed by atoms with Crippen LogP contribution in [0.3, 0.4) is 0 Å². The van der Waals surface area contributed by atoms with Crippen LogP contribution in [0, 0.1) is 5.92 Å². The van der Waals surface area contributed by atoms with Crippen LogP contribution in [0.5, 0.6) is 0 Å². The maximum absolute atomic E-state index is 12.0. The first-order valence-electron chi connectivity index (χ1n) is 5.21. The van der Waals surface area contributed by atoms with Crippen molar-refractivity contribution < 1.29 is 14.7 Å². The summed E-state index contributed by atoms with van der Waals surface area (Å²) in [6.07, 6.45) is 1.90. The molecule has 0 saturated carbocycles. The van der Waals surface area contributed by atoms with Gasteiger partial charge in [-0.1, -0.05) is 11.6 Å². The standard InChI is InChI=1S/C11H11ClN2O3/c12-9-2-1-7(5-13-9)10(15)14-4-3-8(6-14)11(16)17/h1-2,5,8H,3-4,6H2,(H,16,17)/t8-/m1/s1. The molecule has 1 aromatic heterocycles. The topological polar surface area (TPSA) is 70.5 Å². The molecule has 5 nitrogen and oxygen atoms in total. The van der Waals surface area contributed by atoms with Gasteiger partial charge in [0.2, 0.25) is 0 Å². The summed E-state index contributed by atoms with van der Waals surface area (Å²) in [5, 5.41) is 9.18. The summed E-state index contributed by atoms with van der Waals surface area (Å²) in [5.74, 6) is -1.51. The number of halogens is 1. The van der Waals surface area contributed by atoms with Gasteiger partial charge in [0.05, 0.1) is 11.5 Å². The second-order valence-corrected chi connectivity index (χ2v) is 4.33. The first kappa shape index (κ1) is 11.9. The number of likely N-dealkylation sites (tertiary alicyclic amines) is 1. The van der Waals surface area contributed by atoms with Crippen molar-refractivity contribution in [1.29, 1.82) is 0 Å². The lowest BCUT2D eigenvalue weighted by Crippen LogP contribution is -2.29. The first-order valence-corrected chi connectivity index (χ1v) is 5.59. The molecule has 0 bridgehead atoms. The van der Waals surface area contributed by atoms with Crippen LogP contribution >= 0.6 is 11.6 Å². The monoisotopic (exact) mass is 254 g/mol. The van der Waals surface area contributed by atoms with Gasteiger partial charge in [-0.2, -0.15) is 0 Å². The van der Waals surface area contributed by atoms with E-state index >= 15 is 0 Å². The Balaban J connectivity index is 2.07. The van der Waals surface area contributed by atoms with Crippen LogP contribution in [0.2, 0.25) is 5.15 Å². The van der Waals surface area contributed by atoms with E-state index in [1.807, 2.05) is 0 Å². The van der Waals surface area contributed by atoms with Gasteiger partial charge in [-0.25, -0.2) is 4.98 Å². The molecule has 2 rings (SSSR count). The van der Waals surface area contributed by atoms with Gasteiger partial charge in [0.25, 0.3) is 5.91 Å². The van der Waals surface area contributed by atoms with E-state index in [0.717, 1.165) is 0 Å². The predicted molar refractivity (Wildman–Crippen MR) is 60.9 cm³/mol. The van der Waals surface area contributed by atoms with Gasteiger partial charge in [-0.15, -0.1) is 0 Å². The van der Waals surface area contributed by atoms with Crippen molar-refractivity contribution in [1.82, 2.24) is 9.88 Å². The van der Waals surface area contributed by atoms with Gasteiger partial charge in [0.15, 0.2) is 0 Å². The van der Waals surface area contributed by atoms with Crippen molar-refractivity contribution in [2.45, 2.75) is 6.42 Å². The third-order valence-electron chi connectivity index (χ3n) is 2.80. The Morgan fingerprint density at radius 2 is 2.24 bits per heavy atom. The van der Waals surface area contributed by atoms with Crippen molar-refractivity contribution in [3.05, 3.63) is 29.0 Å². The zero-order valence-electron chi connectivity index (χ0n) is 8.97. The number of hydrogen-bond acceptors (Lipinski definition) is 3. The van der Waals surface area contributed by atoms with Crippen molar-refractivity contribution in [3.63, 3.8) is 0 Å². The van der Waals surface area contributed by atoms with E-state index in [-0.39, 0.29) is 12.5 Å². The van der Waals surface area contributed by atoms with Crippen LogP contribution in [0.15, 0.2) is 18.3 Å². The molecule has 1 fully saturated rings. The van der Waals surface area contributed by atoms with E-state index in [1.165, 1.54) is 11.1 Å². The van der Waals surface area contributed by atoms with E-state index in [2.05, 4.69) is 4.98 Å². The summed E-state index contributed by atoms with van der Waals surface area (Å²) >= 11 is 5.63. The molecule has 90 valence electrons. The van der Waals surface area contributed by atoms with E-state index in [4.69, 9.17) is 16.7 Å². The highest BCUT2D eigenvalue weighted by molar-refractivity contribution is 6.29.